The van der Waals surface area contributed by atoms with Gasteiger partial charge < -0.3 is 15.3 Å². The van der Waals surface area contributed by atoms with E-state index in [2.05, 4.69) is 19.2 Å². The summed E-state index contributed by atoms with van der Waals surface area (Å²) in [5.74, 6) is -0.983. The molecular formula is C16H22N2O3. The molecule has 0 unspecified atom stereocenters. The number of carbonyl (C=O) groups is 2. The normalized spacial score (nSPS) is 22.0. The fourth-order valence-corrected chi connectivity index (χ4v) is 3.00. The number of hydrogen-bond acceptors (Lipinski definition) is 2. The van der Waals surface area contributed by atoms with Crippen molar-refractivity contribution in [3.8, 4) is 0 Å². The molecule has 0 aliphatic carbocycles. The van der Waals surface area contributed by atoms with Crippen molar-refractivity contribution in [2.24, 2.45) is 0 Å². The molecule has 5 nitrogen and oxygen atoms in total. The number of rotatable bonds is 2. The lowest BCUT2D eigenvalue weighted by molar-refractivity contribution is 0.0696. The number of carboxylic acid groups (broad SMARTS) is 1. The van der Waals surface area contributed by atoms with Gasteiger partial charge in [0.15, 0.2) is 0 Å². The number of hydrogen-bond donors (Lipinski definition) is 2. The number of piperidine rings is 1. The summed E-state index contributed by atoms with van der Waals surface area (Å²) in [6, 6.07) is 5.18. The largest absolute Gasteiger partial charge is 0.478 e. The average Bonchev–Trinajstić information content (AvgIpc) is 2.40. The standard InChI is InChI=1S/C16H22N2O3/c1-10-6-4-7-11(2)18(10)16(21)17-14-9-5-8-13(12(14)3)15(19)20/h5,8-11H,4,6-7H2,1-3H3,(H,17,21)(H,19,20)/t10-,11+. The van der Waals surface area contributed by atoms with Gasteiger partial charge in [0.25, 0.3) is 0 Å². The van der Waals surface area contributed by atoms with Gasteiger partial charge in [-0.25, -0.2) is 9.59 Å². The minimum absolute atomic E-state index is 0.152. The van der Waals surface area contributed by atoms with Crippen LogP contribution in [0.5, 0.6) is 0 Å². The highest BCUT2D eigenvalue weighted by Gasteiger charge is 2.29. The zero-order valence-corrected chi connectivity index (χ0v) is 12.7. The maximum Gasteiger partial charge on any atom is 0.336 e. The van der Waals surface area contributed by atoms with Gasteiger partial charge in [-0.15, -0.1) is 0 Å². The molecule has 1 aliphatic rings. The molecule has 2 N–H and O–H groups in total. The highest BCUT2D eigenvalue weighted by molar-refractivity contribution is 5.95. The first-order chi connectivity index (χ1) is 9.91. The van der Waals surface area contributed by atoms with E-state index >= 15 is 0 Å². The molecule has 1 aromatic carbocycles. The molecule has 5 heteroatoms. The molecule has 21 heavy (non-hydrogen) atoms. The van der Waals surface area contributed by atoms with Gasteiger partial charge in [-0.05, 0) is 57.7 Å². The average molecular weight is 290 g/mol. The van der Waals surface area contributed by atoms with E-state index in [9.17, 15) is 9.59 Å². The highest BCUT2D eigenvalue weighted by atomic mass is 16.4. The summed E-state index contributed by atoms with van der Waals surface area (Å²) >= 11 is 0. The van der Waals surface area contributed by atoms with Gasteiger partial charge in [-0.2, -0.15) is 0 Å². The summed E-state index contributed by atoms with van der Waals surface area (Å²) in [7, 11) is 0. The van der Waals surface area contributed by atoms with Gasteiger partial charge in [0, 0.05) is 17.8 Å². The third kappa shape index (κ3) is 3.17. The van der Waals surface area contributed by atoms with Crippen LogP contribution in [0.2, 0.25) is 0 Å². The third-order valence-electron chi connectivity index (χ3n) is 4.23. The van der Waals surface area contributed by atoms with E-state index in [0.29, 0.717) is 11.3 Å². The van der Waals surface area contributed by atoms with Crippen LogP contribution in [0.3, 0.4) is 0 Å². The summed E-state index contributed by atoms with van der Waals surface area (Å²) in [6.45, 7) is 5.81. The van der Waals surface area contributed by atoms with E-state index in [1.165, 1.54) is 0 Å². The Hall–Kier alpha value is -2.04. The Morgan fingerprint density at radius 3 is 2.43 bits per heavy atom. The zero-order valence-electron chi connectivity index (χ0n) is 12.7. The van der Waals surface area contributed by atoms with Gasteiger partial charge in [-0.1, -0.05) is 6.07 Å². The van der Waals surface area contributed by atoms with Crippen LogP contribution in [0.15, 0.2) is 18.2 Å². The van der Waals surface area contributed by atoms with Crippen molar-refractivity contribution in [3.63, 3.8) is 0 Å². The number of anilines is 1. The molecular weight excluding hydrogens is 268 g/mol. The monoisotopic (exact) mass is 290 g/mol. The summed E-state index contributed by atoms with van der Waals surface area (Å²) in [6.07, 6.45) is 3.15. The molecule has 0 aromatic heterocycles. The number of carbonyl (C=O) groups excluding carboxylic acids is 1. The molecule has 0 bridgehead atoms. The van der Waals surface area contributed by atoms with Gasteiger partial charge in [-0.3, -0.25) is 0 Å². The molecule has 1 aromatic rings. The second-order valence-corrected chi connectivity index (χ2v) is 5.75. The minimum Gasteiger partial charge on any atom is -0.478 e. The molecule has 0 radical (unpaired) electrons. The van der Waals surface area contributed by atoms with Crippen LogP contribution in [-0.4, -0.2) is 34.1 Å². The van der Waals surface area contributed by atoms with Crippen LogP contribution in [0.25, 0.3) is 0 Å². The maximum absolute atomic E-state index is 12.5. The summed E-state index contributed by atoms with van der Waals surface area (Å²) < 4.78 is 0. The van der Waals surface area contributed by atoms with Crippen molar-refractivity contribution in [3.05, 3.63) is 29.3 Å². The molecule has 1 heterocycles. The number of carboxylic acids is 1. The summed E-state index contributed by atoms with van der Waals surface area (Å²) in [5.41, 5.74) is 1.35. The van der Waals surface area contributed by atoms with Crippen LogP contribution in [0, 0.1) is 6.92 Å². The fourth-order valence-electron chi connectivity index (χ4n) is 3.00. The summed E-state index contributed by atoms with van der Waals surface area (Å²) in [4.78, 5) is 25.5. The zero-order chi connectivity index (χ0) is 15.6. The van der Waals surface area contributed by atoms with E-state index in [4.69, 9.17) is 5.11 Å². The van der Waals surface area contributed by atoms with Crippen molar-refractivity contribution >= 4 is 17.7 Å². The Morgan fingerprint density at radius 1 is 1.24 bits per heavy atom. The first-order valence-corrected chi connectivity index (χ1v) is 7.34. The second-order valence-electron chi connectivity index (χ2n) is 5.75. The number of likely N-dealkylation sites (tertiary alicyclic amines) is 1. The number of nitrogens with zero attached hydrogens (tertiary/aromatic N) is 1. The maximum atomic E-state index is 12.5. The van der Waals surface area contributed by atoms with Gasteiger partial charge in [0.2, 0.25) is 0 Å². The number of benzene rings is 1. The van der Waals surface area contributed by atoms with Crippen molar-refractivity contribution < 1.29 is 14.7 Å². The van der Waals surface area contributed by atoms with E-state index in [0.717, 1.165) is 19.3 Å². The molecule has 0 spiro atoms. The molecule has 2 atom stereocenters. The molecule has 2 amide bonds. The van der Waals surface area contributed by atoms with Crippen LogP contribution in [-0.2, 0) is 0 Å². The van der Waals surface area contributed by atoms with Crippen molar-refractivity contribution in [2.75, 3.05) is 5.32 Å². The lowest BCUT2D eigenvalue weighted by atomic mass is 9.98. The Morgan fingerprint density at radius 2 is 1.86 bits per heavy atom. The quantitative estimate of drug-likeness (QED) is 0.876. The molecule has 114 valence electrons. The van der Waals surface area contributed by atoms with Crippen molar-refractivity contribution in [1.82, 2.24) is 4.90 Å². The summed E-state index contributed by atoms with van der Waals surface area (Å²) in [5, 5.41) is 12.0. The lowest BCUT2D eigenvalue weighted by Gasteiger charge is -2.39. The Balaban J connectivity index is 2.20. The fraction of sp³-hybridized carbons (Fsp3) is 0.500. The van der Waals surface area contributed by atoms with Crippen LogP contribution < -0.4 is 5.32 Å². The molecule has 0 saturated carbocycles. The van der Waals surface area contributed by atoms with Crippen molar-refractivity contribution in [2.45, 2.75) is 52.1 Å². The van der Waals surface area contributed by atoms with Gasteiger partial charge in [0.05, 0.1) is 5.56 Å². The van der Waals surface area contributed by atoms with Crippen molar-refractivity contribution in [1.29, 1.82) is 0 Å². The second kappa shape index (κ2) is 6.16. The van der Waals surface area contributed by atoms with Crippen LogP contribution in [0.4, 0.5) is 10.5 Å². The minimum atomic E-state index is -0.983. The van der Waals surface area contributed by atoms with E-state index in [1.807, 2.05) is 4.90 Å². The molecule has 2 rings (SSSR count). The smallest absolute Gasteiger partial charge is 0.336 e. The Labute approximate surface area is 125 Å². The number of nitrogens with one attached hydrogen (secondary N) is 1. The molecule has 1 saturated heterocycles. The number of amides is 2. The SMILES string of the molecule is Cc1c(NC(=O)N2[C@H](C)CCC[C@@H]2C)cccc1C(=O)O. The van der Waals surface area contributed by atoms with Crippen LogP contribution >= 0.6 is 0 Å². The number of urea groups is 1. The van der Waals surface area contributed by atoms with E-state index < -0.39 is 5.97 Å². The van der Waals surface area contributed by atoms with Gasteiger partial charge in [0.1, 0.15) is 0 Å². The van der Waals surface area contributed by atoms with E-state index in [-0.39, 0.29) is 23.7 Å². The Bertz CT molecular complexity index is 546. The first-order valence-electron chi connectivity index (χ1n) is 7.34. The Kier molecular flexibility index (Phi) is 4.50. The topological polar surface area (TPSA) is 69.6 Å². The molecule has 1 fully saturated rings. The third-order valence-corrected chi connectivity index (χ3v) is 4.23. The molecule has 1 aliphatic heterocycles. The predicted molar refractivity (Wildman–Crippen MR) is 81.8 cm³/mol. The highest BCUT2D eigenvalue weighted by Crippen LogP contribution is 2.25. The van der Waals surface area contributed by atoms with E-state index in [1.54, 1.807) is 25.1 Å². The predicted octanol–water partition coefficient (Wildman–Crippen LogP) is 3.49. The number of aromatic carboxylic acids is 1. The first kappa shape index (κ1) is 15.4. The van der Waals surface area contributed by atoms with Gasteiger partial charge >= 0.3 is 12.0 Å². The van der Waals surface area contributed by atoms with Crippen LogP contribution in [0.1, 0.15) is 49.0 Å². The lowest BCUT2D eigenvalue weighted by Crippen LogP contribution is -2.49.